The smallest absolute Gasteiger partial charge is 0.243 e. The van der Waals surface area contributed by atoms with Crippen molar-refractivity contribution in [2.24, 2.45) is 0 Å². The number of likely N-dealkylation sites (N-methyl/N-ethyl adjacent to an activating group) is 1. The molecule has 0 bridgehead atoms. The largest absolute Gasteiger partial charge is 0.497 e. The van der Waals surface area contributed by atoms with E-state index in [1.165, 1.54) is 22.4 Å². The first kappa shape index (κ1) is 24.3. The maximum Gasteiger partial charge on any atom is 0.243 e. The van der Waals surface area contributed by atoms with Crippen molar-refractivity contribution in [3.8, 4) is 11.5 Å². The average molecular weight is 469 g/mol. The number of benzene rings is 3. The molecule has 7 nitrogen and oxygen atoms in total. The van der Waals surface area contributed by atoms with Gasteiger partial charge >= 0.3 is 0 Å². The van der Waals surface area contributed by atoms with Crippen LogP contribution in [0.25, 0.3) is 0 Å². The molecule has 0 unspecified atom stereocenters. The Kier molecular flexibility index (Phi) is 7.73. The van der Waals surface area contributed by atoms with E-state index in [9.17, 15) is 13.2 Å². The number of sulfonamides is 1. The van der Waals surface area contributed by atoms with Gasteiger partial charge in [-0.3, -0.25) is 4.79 Å². The summed E-state index contributed by atoms with van der Waals surface area (Å²) in [5.41, 5.74) is 2.12. The lowest BCUT2D eigenvalue weighted by Crippen LogP contribution is -2.41. The Morgan fingerprint density at radius 3 is 2.15 bits per heavy atom. The van der Waals surface area contributed by atoms with Crippen LogP contribution in [0.1, 0.15) is 11.1 Å². The van der Waals surface area contributed by atoms with Gasteiger partial charge in [0, 0.05) is 19.3 Å². The minimum absolute atomic E-state index is 0.0659. The zero-order valence-electron chi connectivity index (χ0n) is 19.2. The van der Waals surface area contributed by atoms with Gasteiger partial charge in [0.1, 0.15) is 11.5 Å². The first-order valence-electron chi connectivity index (χ1n) is 10.4. The van der Waals surface area contributed by atoms with Crippen LogP contribution in [0.3, 0.4) is 0 Å². The molecule has 3 rings (SSSR count). The van der Waals surface area contributed by atoms with Crippen LogP contribution >= 0.6 is 0 Å². The molecule has 0 fully saturated rings. The van der Waals surface area contributed by atoms with Crippen LogP contribution in [0.2, 0.25) is 0 Å². The van der Waals surface area contributed by atoms with Crippen molar-refractivity contribution in [3.05, 3.63) is 83.9 Å². The van der Waals surface area contributed by atoms with E-state index in [-0.39, 0.29) is 23.9 Å². The van der Waals surface area contributed by atoms with Crippen molar-refractivity contribution in [1.82, 2.24) is 4.31 Å². The van der Waals surface area contributed by atoms with Crippen LogP contribution in [0.5, 0.6) is 11.5 Å². The quantitative estimate of drug-likeness (QED) is 0.477. The van der Waals surface area contributed by atoms with Crippen molar-refractivity contribution in [2.45, 2.75) is 18.4 Å². The predicted molar refractivity (Wildman–Crippen MR) is 128 cm³/mol. The molecule has 0 spiro atoms. The van der Waals surface area contributed by atoms with Gasteiger partial charge in [-0.05, 0) is 60.5 Å². The van der Waals surface area contributed by atoms with Gasteiger partial charge in [0.2, 0.25) is 15.9 Å². The van der Waals surface area contributed by atoms with Gasteiger partial charge in [0.05, 0.1) is 25.7 Å². The van der Waals surface area contributed by atoms with E-state index >= 15 is 0 Å². The van der Waals surface area contributed by atoms with E-state index in [4.69, 9.17) is 9.47 Å². The molecule has 0 aliphatic carbocycles. The number of nitrogens with zero attached hydrogens (tertiary/aromatic N) is 2. The fraction of sp³-hybridized carbons (Fsp3) is 0.240. The molecule has 0 atom stereocenters. The highest BCUT2D eigenvalue weighted by atomic mass is 32.2. The molecule has 1 amide bonds. The lowest BCUT2D eigenvalue weighted by molar-refractivity contribution is -0.118. The third kappa shape index (κ3) is 5.71. The monoisotopic (exact) mass is 468 g/mol. The second kappa shape index (κ2) is 10.5. The SMILES string of the molecule is COc1ccc(N(C)C(=O)CN(Cc2ccccc2)S(=O)(=O)c2ccc(OC)c(C)c2)cc1. The molecule has 3 aromatic carbocycles. The number of anilines is 1. The van der Waals surface area contributed by atoms with Crippen LogP contribution in [0, 0.1) is 6.92 Å². The topological polar surface area (TPSA) is 76.2 Å². The second-order valence-electron chi connectivity index (χ2n) is 7.54. The summed E-state index contributed by atoms with van der Waals surface area (Å²) in [5, 5.41) is 0. The highest BCUT2D eigenvalue weighted by molar-refractivity contribution is 7.89. The molecular formula is C25H28N2O5S. The number of hydrogen-bond donors (Lipinski definition) is 0. The van der Waals surface area contributed by atoms with Crippen molar-refractivity contribution in [2.75, 3.05) is 32.7 Å². The van der Waals surface area contributed by atoms with E-state index in [1.54, 1.807) is 57.5 Å². The highest BCUT2D eigenvalue weighted by Gasteiger charge is 2.29. The lowest BCUT2D eigenvalue weighted by atomic mass is 10.2. The van der Waals surface area contributed by atoms with Gasteiger partial charge < -0.3 is 14.4 Å². The van der Waals surface area contributed by atoms with Crippen LogP contribution in [0.4, 0.5) is 5.69 Å². The molecule has 3 aromatic rings. The van der Waals surface area contributed by atoms with Crippen LogP contribution in [0.15, 0.2) is 77.7 Å². The molecule has 0 saturated carbocycles. The summed E-state index contributed by atoms with van der Waals surface area (Å²) >= 11 is 0. The van der Waals surface area contributed by atoms with E-state index in [1.807, 2.05) is 30.3 Å². The van der Waals surface area contributed by atoms with Crippen molar-refractivity contribution in [3.63, 3.8) is 0 Å². The molecular weight excluding hydrogens is 440 g/mol. The summed E-state index contributed by atoms with van der Waals surface area (Å²) in [6, 6.07) is 20.9. The van der Waals surface area contributed by atoms with Gasteiger partial charge in [-0.2, -0.15) is 4.31 Å². The normalized spacial score (nSPS) is 11.3. The fourth-order valence-electron chi connectivity index (χ4n) is 3.38. The number of rotatable bonds is 9. The minimum atomic E-state index is -3.96. The van der Waals surface area contributed by atoms with Crippen LogP contribution < -0.4 is 14.4 Å². The Morgan fingerprint density at radius 1 is 0.909 bits per heavy atom. The number of hydrogen-bond acceptors (Lipinski definition) is 5. The number of methoxy groups -OCH3 is 2. The zero-order valence-corrected chi connectivity index (χ0v) is 20.0. The van der Waals surface area contributed by atoms with Gasteiger partial charge in [-0.25, -0.2) is 8.42 Å². The molecule has 0 aliphatic heterocycles. The Hall–Kier alpha value is -3.36. The molecule has 174 valence electrons. The molecule has 8 heteroatoms. The summed E-state index contributed by atoms with van der Waals surface area (Å²) in [6.45, 7) is 1.53. The van der Waals surface area contributed by atoms with Crippen LogP contribution in [-0.4, -0.2) is 46.4 Å². The molecule has 0 saturated heterocycles. The highest BCUT2D eigenvalue weighted by Crippen LogP contribution is 2.25. The number of ether oxygens (including phenoxy) is 2. The van der Waals surface area contributed by atoms with E-state index in [0.29, 0.717) is 22.7 Å². The third-order valence-corrected chi connectivity index (χ3v) is 7.14. The number of aryl methyl sites for hydroxylation is 1. The van der Waals surface area contributed by atoms with Gasteiger partial charge in [0.25, 0.3) is 0 Å². The Bertz CT molecular complexity index is 1200. The van der Waals surface area contributed by atoms with E-state index < -0.39 is 10.0 Å². The molecule has 0 aromatic heterocycles. The van der Waals surface area contributed by atoms with Crippen molar-refractivity contribution >= 4 is 21.6 Å². The van der Waals surface area contributed by atoms with Gasteiger partial charge in [-0.15, -0.1) is 0 Å². The maximum absolute atomic E-state index is 13.6. The van der Waals surface area contributed by atoms with Crippen LogP contribution in [-0.2, 0) is 21.4 Å². The summed E-state index contributed by atoms with van der Waals surface area (Å²) in [5.74, 6) is 0.909. The molecule has 0 heterocycles. The lowest BCUT2D eigenvalue weighted by Gasteiger charge is -2.25. The van der Waals surface area contributed by atoms with E-state index in [2.05, 4.69) is 0 Å². The Balaban J connectivity index is 1.91. The number of amides is 1. The Labute approximate surface area is 195 Å². The summed E-state index contributed by atoms with van der Waals surface area (Å²) in [6.07, 6.45) is 0. The van der Waals surface area contributed by atoms with E-state index in [0.717, 1.165) is 5.56 Å². The summed E-state index contributed by atoms with van der Waals surface area (Å²) < 4.78 is 38.7. The average Bonchev–Trinajstić information content (AvgIpc) is 2.83. The van der Waals surface area contributed by atoms with Gasteiger partial charge in [0.15, 0.2) is 0 Å². The minimum Gasteiger partial charge on any atom is -0.497 e. The first-order chi connectivity index (χ1) is 15.8. The van der Waals surface area contributed by atoms with Crippen molar-refractivity contribution in [1.29, 1.82) is 0 Å². The standard InChI is InChI=1S/C25H28N2O5S/c1-19-16-23(14-15-24(19)32-4)33(29,30)27(17-20-8-6-5-7-9-20)18-25(28)26(2)21-10-12-22(31-3)13-11-21/h5-16H,17-18H2,1-4H3. The molecule has 33 heavy (non-hydrogen) atoms. The number of carbonyl (C=O) groups excluding carboxylic acids is 1. The molecule has 0 N–H and O–H groups in total. The summed E-state index contributed by atoms with van der Waals surface area (Å²) in [7, 11) is 0.762. The third-order valence-electron chi connectivity index (χ3n) is 5.35. The first-order valence-corrected chi connectivity index (χ1v) is 11.8. The maximum atomic E-state index is 13.6. The number of carbonyl (C=O) groups is 1. The zero-order chi connectivity index (χ0) is 24.0. The Morgan fingerprint density at radius 2 is 1.58 bits per heavy atom. The fourth-order valence-corrected chi connectivity index (χ4v) is 4.84. The van der Waals surface area contributed by atoms with Gasteiger partial charge in [-0.1, -0.05) is 30.3 Å². The second-order valence-corrected chi connectivity index (χ2v) is 9.48. The molecule has 0 aliphatic rings. The predicted octanol–water partition coefficient (Wildman–Crippen LogP) is 3.87. The van der Waals surface area contributed by atoms with Crippen molar-refractivity contribution < 1.29 is 22.7 Å². The molecule has 0 radical (unpaired) electrons. The summed E-state index contributed by atoms with van der Waals surface area (Å²) in [4.78, 5) is 14.7.